The number of hydrogen-bond acceptors (Lipinski definition) is 7. The van der Waals surface area contributed by atoms with Crippen LogP contribution in [0.25, 0.3) is 22.3 Å². The van der Waals surface area contributed by atoms with Crippen LogP contribution >= 0.6 is 0 Å². The maximum atomic E-state index is 12.0. The van der Waals surface area contributed by atoms with Gasteiger partial charge in [-0.1, -0.05) is 0 Å². The minimum absolute atomic E-state index is 0.0638. The van der Waals surface area contributed by atoms with Gasteiger partial charge >= 0.3 is 0 Å². The fourth-order valence-electron chi connectivity index (χ4n) is 2.10. The van der Waals surface area contributed by atoms with Crippen LogP contribution in [0.5, 0.6) is 28.7 Å². The van der Waals surface area contributed by atoms with Crippen molar-refractivity contribution in [1.82, 2.24) is 0 Å². The second-order valence-electron chi connectivity index (χ2n) is 4.64. The number of fused-ring (bicyclic) bond motifs is 1. The molecule has 0 aliphatic carbocycles. The van der Waals surface area contributed by atoms with Crippen molar-refractivity contribution in [3.05, 3.63) is 40.6 Å². The molecule has 7 heteroatoms. The van der Waals surface area contributed by atoms with E-state index in [2.05, 4.69) is 0 Å². The van der Waals surface area contributed by atoms with Crippen molar-refractivity contribution in [2.24, 2.45) is 0 Å². The normalized spacial score (nSPS) is 10.9. The molecule has 0 aliphatic rings. The van der Waals surface area contributed by atoms with Gasteiger partial charge in [-0.05, 0) is 18.2 Å². The van der Waals surface area contributed by atoms with Crippen molar-refractivity contribution in [3.8, 4) is 40.1 Å². The van der Waals surface area contributed by atoms with Gasteiger partial charge in [0, 0.05) is 12.1 Å². The number of phenols is 5. The molecule has 0 saturated heterocycles. The van der Waals surface area contributed by atoms with Crippen molar-refractivity contribution in [2.45, 2.75) is 0 Å². The van der Waals surface area contributed by atoms with Crippen LogP contribution in [0.2, 0.25) is 0 Å². The first kappa shape index (κ1) is 13.6. The lowest BCUT2D eigenvalue weighted by atomic mass is 10.1. The van der Waals surface area contributed by atoms with Crippen molar-refractivity contribution in [3.63, 3.8) is 0 Å². The topological polar surface area (TPSA) is 131 Å². The van der Waals surface area contributed by atoms with E-state index in [1.807, 2.05) is 0 Å². The summed E-state index contributed by atoms with van der Waals surface area (Å²) in [7, 11) is 0. The van der Waals surface area contributed by atoms with Crippen LogP contribution in [0.4, 0.5) is 0 Å². The van der Waals surface area contributed by atoms with Gasteiger partial charge < -0.3 is 29.9 Å². The van der Waals surface area contributed by atoms with Gasteiger partial charge in [0.15, 0.2) is 16.9 Å². The summed E-state index contributed by atoms with van der Waals surface area (Å²) in [5, 5.41) is 47.9. The minimum atomic E-state index is -0.936. The molecule has 0 atom stereocenters. The van der Waals surface area contributed by atoms with Gasteiger partial charge in [0.25, 0.3) is 0 Å². The Morgan fingerprint density at radius 1 is 0.818 bits per heavy atom. The Balaban J connectivity index is 2.34. The lowest BCUT2D eigenvalue weighted by Gasteiger charge is -2.09. The SMILES string of the molecule is O=c1cc(-c2cc(O)c(O)c(O)c2O)oc2cc(O)ccc12. The number of hydrogen-bond donors (Lipinski definition) is 5. The lowest BCUT2D eigenvalue weighted by Crippen LogP contribution is -2.00. The van der Waals surface area contributed by atoms with Crippen LogP contribution < -0.4 is 5.43 Å². The molecule has 0 amide bonds. The molecule has 0 bridgehead atoms. The predicted octanol–water partition coefficient (Wildman–Crippen LogP) is 1.99. The summed E-state index contributed by atoms with van der Waals surface area (Å²) in [5.41, 5.74) is -0.563. The maximum Gasteiger partial charge on any atom is 0.205 e. The van der Waals surface area contributed by atoms with Gasteiger partial charge in [0.05, 0.1) is 10.9 Å². The predicted molar refractivity (Wildman–Crippen MR) is 76.2 cm³/mol. The van der Waals surface area contributed by atoms with Gasteiger partial charge in [0.1, 0.15) is 17.1 Å². The van der Waals surface area contributed by atoms with Crippen molar-refractivity contribution in [2.75, 3.05) is 0 Å². The number of rotatable bonds is 1. The molecular weight excluding hydrogens is 292 g/mol. The average Bonchev–Trinajstić information content (AvgIpc) is 2.48. The first-order valence-electron chi connectivity index (χ1n) is 6.12. The first-order valence-corrected chi connectivity index (χ1v) is 6.12. The summed E-state index contributed by atoms with van der Waals surface area (Å²) in [6.45, 7) is 0. The van der Waals surface area contributed by atoms with E-state index in [1.54, 1.807) is 0 Å². The highest BCUT2D eigenvalue weighted by Gasteiger charge is 2.20. The van der Waals surface area contributed by atoms with Gasteiger partial charge in [-0.15, -0.1) is 0 Å². The van der Waals surface area contributed by atoms with E-state index in [4.69, 9.17) is 4.42 Å². The van der Waals surface area contributed by atoms with E-state index in [1.165, 1.54) is 18.2 Å². The van der Waals surface area contributed by atoms with Gasteiger partial charge in [-0.25, -0.2) is 0 Å². The molecule has 1 heterocycles. The second kappa shape index (κ2) is 4.59. The van der Waals surface area contributed by atoms with Crippen LogP contribution in [0.1, 0.15) is 0 Å². The van der Waals surface area contributed by atoms with Crippen LogP contribution in [-0.4, -0.2) is 25.5 Å². The molecule has 0 aliphatic heterocycles. The largest absolute Gasteiger partial charge is 0.508 e. The Morgan fingerprint density at radius 2 is 1.55 bits per heavy atom. The monoisotopic (exact) mass is 302 g/mol. The van der Waals surface area contributed by atoms with Crippen LogP contribution in [-0.2, 0) is 0 Å². The molecule has 0 radical (unpaired) electrons. The molecule has 0 unspecified atom stereocenters. The maximum absolute atomic E-state index is 12.0. The zero-order chi connectivity index (χ0) is 16.0. The highest BCUT2D eigenvalue weighted by Crippen LogP contribution is 2.47. The number of aromatic hydroxyl groups is 5. The highest BCUT2D eigenvalue weighted by atomic mass is 16.4. The van der Waals surface area contributed by atoms with E-state index in [-0.39, 0.29) is 28.0 Å². The Bertz CT molecular complexity index is 956. The Kier molecular flexibility index (Phi) is 2.84. The molecule has 0 saturated carbocycles. The third-order valence-corrected chi connectivity index (χ3v) is 3.21. The molecule has 7 nitrogen and oxygen atoms in total. The second-order valence-corrected chi connectivity index (χ2v) is 4.64. The fourth-order valence-corrected chi connectivity index (χ4v) is 2.10. The molecular formula is C15H10O7. The molecule has 2 aromatic carbocycles. The van der Waals surface area contributed by atoms with Crippen molar-refractivity contribution >= 4 is 11.0 Å². The minimum Gasteiger partial charge on any atom is -0.508 e. The molecule has 5 N–H and O–H groups in total. The van der Waals surface area contributed by atoms with Crippen LogP contribution in [0.15, 0.2) is 39.5 Å². The molecule has 112 valence electrons. The van der Waals surface area contributed by atoms with Crippen molar-refractivity contribution < 1.29 is 29.9 Å². The van der Waals surface area contributed by atoms with Crippen molar-refractivity contribution in [1.29, 1.82) is 0 Å². The number of benzene rings is 2. The van der Waals surface area contributed by atoms with E-state index in [9.17, 15) is 30.3 Å². The average molecular weight is 302 g/mol. The molecule has 0 spiro atoms. The zero-order valence-electron chi connectivity index (χ0n) is 10.9. The van der Waals surface area contributed by atoms with Gasteiger partial charge in [-0.2, -0.15) is 0 Å². The van der Waals surface area contributed by atoms with Gasteiger partial charge in [-0.3, -0.25) is 4.79 Å². The quantitative estimate of drug-likeness (QED) is 0.343. The summed E-state index contributed by atoms with van der Waals surface area (Å²) >= 11 is 0. The summed E-state index contributed by atoms with van der Waals surface area (Å²) in [5.74, 6) is -3.53. The van der Waals surface area contributed by atoms with E-state index >= 15 is 0 Å². The third kappa shape index (κ3) is 1.96. The van der Waals surface area contributed by atoms with Crippen LogP contribution in [0.3, 0.4) is 0 Å². The molecule has 3 aromatic rings. The van der Waals surface area contributed by atoms with E-state index in [0.717, 1.165) is 12.1 Å². The number of phenolic OH excluding ortho intramolecular Hbond substituents is 5. The third-order valence-electron chi connectivity index (χ3n) is 3.21. The van der Waals surface area contributed by atoms with E-state index in [0.29, 0.717) is 0 Å². The Morgan fingerprint density at radius 3 is 2.27 bits per heavy atom. The Labute approximate surface area is 122 Å². The summed E-state index contributed by atoms with van der Waals surface area (Å²) in [6.07, 6.45) is 0. The van der Waals surface area contributed by atoms with Gasteiger partial charge in [0.2, 0.25) is 11.5 Å². The fraction of sp³-hybridized carbons (Fsp3) is 0. The highest BCUT2D eigenvalue weighted by molar-refractivity contribution is 5.82. The lowest BCUT2D eigenvalue weighted by molar-refractivity contribution is 0.346. The Hall–Kier alpha value is -3.35. The molecule has 0 fully saturated rings. The zero-order valence-corrected chi connectivity index (χ0v) is 10.9. The van der Waals surface area contributed by atoms with Crippen LogP contribution in [0, 0.1) is 0 Å². The molecule has 1 aromatic heterocycles. The summed E-state index contributed by atoms with van der Waals surface area (Å²) in [4.78, 5) is 12.0. The first-order chi connectivity index (χ1) is 10.4. The van der Waals surface area contributed by atoms with E-state index < -0.39 is 28.4 Å². The standard InChI is InChI=1S/C15H10O7/c16-6-1-2-7-9(17)5-12(22-11(7)3-6)8-4-10(18)14(20)15(21)13(8)19/h1-5,16,18-21H. The molecule has 22 heavy (non-hydrogen) atoms. The smallest absolute Gasteiger partial charge is 0.205 e. The molecule has 3 rings (SSSR count). The summed E-state index contributed by atoms with van der Waals surface area (Å²) < 4.78 is 5.42. The summed E-state index contributed by atoms with van der Waals surface area (Å²) in [6, 6.07) is 5.93.